The van der Waals surface area contributed by atoms with Gasteiger partial charge >= 0.3 is 0 Å². The number of carbonyl (C=O) groups excluding carboxylic acids is 1. The molecule has 1 amide bonds. The van der Waals surface area contributed by atoms with Gasteiger partial charge in [0, 0.05) is 17.4 Å². The van der Waals surface area contributed by atoms with Crippen LogP contribution < -0.4 is 20.3 Å². The number of hydrogen-bond acceptors (Lipinski definition) is 4. The van der Waals surface area contributed by atoms with E-state index in [2.05, 4.69) is 10.3 Å². The van der Waals surface area contributed by atoms with Crippen LogP contribution in [0.15, 0.2) is 77.6 Å². The molecule has 1 aliphatic heterocycles. The largest absolute Gasteiger partial charge is 0.486 e. The van der Waals surface area contributed by atoms with Crippen LogP contribution in [0.25, 0.3) is 22.0 Å². The Bertz CT molecular complexity index is 1330. The van der Waals surface area contributed by atoms with Gasteiger partial charge < -0.3 is 19.8 Å². The summed E-state index contributed by atoms with van der Waals surface area (Å²) in [5.74, 6) is 0.717. The van der Waals surface area contributed by atoms with Crippen LogP contribution in [0.3, 0.4) is 0 Å². The lowest BCUT2D eigenvalue weighted by Crippen LogP contribution is -2.23. The summed E-state index contributed by atoms with van der Waals surface area (Å²) < 4.78 is 11.0. The van der Waals surface area contributed by atoms with Crippen LogP contribution in [-0.4, -0.2) is 24.1 Å². The number of amides is 1. The monoisotopic (exact) mass is 398 g/mol. The molecule has 1 aromatic heterocycles. The van der Waals surface area contributed by atoms with Gasteiger partial charge in [0.1, 0.15) is 18.8 Å². The number of aromatic nitrogens is 1. The predicted molar refractivity (Wildman–Crippen MR) is 115 cm³/mol. The highest BCUT2D eigenvalue weighted by molar-refractivity contribution is 6.04. The molecule has 0 atom stereocenters. The maximum Gasteiger partial charge on any atom is 0.261 e. The van der Waals surface area contributed by atoms with Crippen molar-refractivity contribution in [1.29, 1.82) is 0 Å². The van der Waals surface area contributed by atoms with Crippen molar-refractivity contribution in [2.45, 2.75) is 0 Å². The Morgan fingerprint density at radius 3 is 2.47 bits per heavy atom. The van der Waals surface area contributed by atoms with Crippen LogP contribution in [0, 0.1) is 0 Å². The highest BCUT2D eigenvalue weighted by atomic mass is 16.6. The maximum absolute atomic E-state index is 12.6. The molecule has 0 radical (unpaired) electrons. The van der Waals surface area contributed by atoms with Crippen molar-refractivity contribution in [3.05, 3.63) is 88.7 Å². The average molecular weight is 398 g/mol. The maximum atomic E-state index is 12.6. The van der Waals surface area contributed by atoms with E-state index < -0.39 is 11.5 Å². The minimum atomic E-state index is -0.488. The van der Waals surface area contributed by atoms with Crippen LogP contribution in [-0.2, 0) is 0 Å². The minimum absolute atomic E-state index is 0.0365. The number of pyridine rings is 1. The number of nitrogens with one attached hydrogen (secondary N) is 2. The molecule has 2 N–H and O–H groups in total. The molecule has 0 spiro atoms. The third kappa shape index (κ3) is 3.39. The van der Waals surface area contributed by atoms with Gasteiger partial charge in [-0.1, -0.05) is 36.4 Å². The number of H-pyrrole nitrogens is 1. The lowest BCUT2D eigenvalue weighted by molar-refractivity contribution is 0.102. The summed E-state index contributed by atoms with van der Waals surface area (Å²) in [4.78, 5) is 28.0. The Morgan fingerprint density at radius 1 is 0.833 bits per heavy atom. The Balaban J connectivity index is 1.40. The number of ether oxygens (including phenoxy) is 2. The van der Waals surface area contributed by atoms with Gasteiger partial charge in [0.25, 0.3) is 11.5 Å². The lowest BCUT2D eigenvalue weighted by atomic mass is 10.0. The standard InChI is InChI=1S/C24H18N2O4/c27-23(25-18-7-10-21-22(14-18)30-12-11-29-21)19-8-9-20(26-24(19)28)17-6-5-15-3-1-2-4-16(15)13-17/h1-10,13-14H,11-12H2,(H,25,27)(H,26,28). The SMILES string of the molecule is O=C(Nc1ccc2c(c1)OCCO2)c1ccc(-c2ccc3ccccc3c2)[nH]c1=O. The van der Waals surface area contributed by atoms with Crippen molar-refractivity contribution in [3.63, 3.8) is 0 Å². The lowest BCUT2D eigenvalue weighted by Gasteiger charge is -2.19. The fraction of sp³-hybridized carbons (Fsp3) is 0.0833. The van der Waals surface area contributed by atoms with E-state index >= 15 is 0 Å². The van der Waals surface area contributed by atoms with E-state index in [0.29, 0.717) is 36.1 Å². The number of hydrogen-bond donors (Lipinski definition) is 2. The Labute approximate surface area is 172 Å². The van der Waals surface area contributed by atoms with Crippen LogP contribution >= 0.6 is 0 Å². The number of fused-ring (bicyclic) bond motifs is 2. The fourth-order valence-corrected chi connectivity index (χ4v) is 3.50. The van der Waals surface area contributed by atoms with Gasteiger partial charge in [0.05, 0.1) is 0 Å². The number of benzene rings is 3. The summed E-state index contributed by atoms with van der Waals surface area (Å²) in [6.07, 6.45) is 0. The topological polar surface area (TPSA) is 80.4 Å². The van der Waals surface area contributed by atoms with E-state index in [1.165, 1.54) is 6.07 Å². The van der Waals surface area contributed by atoms with Crippen molar-refractivity contribution in [3.8, 4) is 22.8 Å². The van der Waals surface area contributed by atoms with Crippen LogP contribution in [0.1, 0.15) is 10.4 Å². The van der Waals surface area contributed by atoms with E-state index in [4.69, 9.17) is 9.47 Å². The zero-order valence-corrected chi connectivity index (χ0v) is 16.0. The first kappa shape index (κ1) is 18.0. The van der Waals surface area contributed by atoms with E-state index in [-0.39, 0.29) is 5.56 Å². The molecule has 0 bridgehead atoms. The second-order valence-electron chi connectivity index (χ2n) is 6.99. The zero-order chi connectivity index (χ0) is 20.5. The van der Waals surface area contributed by atoms with Crippen LogP contribution in [0.2, 0.25) is 0 Å². The molecular formula is C24H18N2O4. The van der Waals surface area contributed by atoms with Gasteiger partial charge in [-0.25, -0.2) is 0 Å². The van der Waals surface area contributed by atoms with Crippen molar-refractivity contribution in [2.24, 2.45) is 0 Å². The summed E-state index contributed by atoms with van der Waals surface area (Å²) in [5.41, 5.74) is 1.65. The Morgan fingerprint density at radius 2 is 1.63 bits per heavy atom. The van der Waals surface area contributed by atoms with Crippen molar-refractivity contribution in [2.75, 3.05) is 18.5 Å². The number of rotatable bonds is 3. The van der Waals surface area contributed by atoms with E-state index in [1.54, 1.807) is 24.3 Å². The Hall–Kier alpha value is -4.06. The molecule has 0 saturated carbocycles. The van der Waals surface area contributed by atoms with Gasteiger partial charge in [-0.2, -0.15) is 0 Å². The molecule has 0 unspecified atom stereocenters. The highest BCUT2D eigenvalue weighted by Crippen LogP contribution is 2.32. The van der Waals surface area contributed by atoms with Gasteiger partial charge in [-0.15, -0.1) is 0 Å². The van der Waals surface area contributed by atoms with Gasteiger partial charge in [0.15, 0.2) is 11.5 Å². The van der Waals surface area contributed by atoms with Crippen molar-refractivity contribution < 1.29 is 14.3 Å². The summed E-state index contributed by atoms with van der Waals surface area (Å²) in [7, 11) is 0. The second-order valence-corrected chi connectivity index (χ2v) is 6.99. The first-order valence-corrected chi connectivity index (χ1v) is 9.61. The smallest absolute Gasteiger partial charge is 0.261 e. The molecule has 30 heavy (non-hydrogen) atoms. The molecule has 1 aliphatic rings. The highest BCUT2D eigenvalue weighted by Gasteiger charge is 2.15. The Kier molecular flexibility index (Phi) is 4.44. The number of carbonyl (C=O) groups is 1. The van der Waals surface area contributed by atoms with E-state index in [0.717, 1.165) is 16.3 Å². The van der Waals surface area contributed by atoms with Gasteiger partial charge in [-0.05, 0) is 46.7 Å². The second kappa shape index (κ2) is 7.40. The summed E-state index contributed by atoms with van der Waals surface area (Å²) >= 11 is 0. The molecule has 6 nitrogen and oxygen atoms in total. The number of aromatic amines is 1. The summed E-state index contributed by atoms with van der Waals surface area (Å²) in [5, 5.41) is 4.94. The van der Waals surface area contributed by atoms with Gasteiger partial charge in [-0.3, -0.25) is 9.59 Å². The molecule has 6 heteroatoms. The predicted octanol–water partition coefficient (Wildman–Crippen LogP) is 4.22. The summed E-state index contributed by atoms with van der Waals surface area (Å²) in [6, 6.07) is 22.4. The van der Waals surface area contributed by atoms with Crippen molar-refractivity contribution >= 4 is 22.4 Å². The first-order valence-electron chi connectivity index (χ1n) is 9.61. The van der Waals surface area contributed by atoms with Crippen LogP contribution in [0.5, 0.6) is 11.5 Å². The van der Waals surface area contributed by atoms with Crippen LogP contribution in [0.4, 0.5) is 5.69 Å². The molecule has 4 aromatic rings. The molecule has 148 valence electrons. The first-order chi connectivity index (χ1) is 14.7. The molecule has 0 aliphatic carbocycles. The molecule has 0 fully saturated rings. The molecule has 2 heterocycles. The molecule has 3 aromatic carbocycles. The van der Waals surface area contributed by atoms with Gasteiger partial charge in [0.2, 0.25) is 0 Å². The normalized spacial score (nSPS) is 12.5. The molecular weight excluding hydrogens is 380 g/mol. The average Bonchev–Trinajstić information content (AvgIpc) is 2.78. The fourth-order valence-electron chi connectivity index (χ4n) is 3.50. The zero-order valence-electron chi connectivity index (χ0n) is 16.0. The molecule has 5 rings (SSSR count). The quantitative estimate of drug-likeness (QED) is 0.542. The molecule has 0 saturated heterocycles. The number of anilines is 1. The minimum Gasteiger partial charge on any atom is -0.486 e. The van der Waals surface area contributed by atoms with E-state index in [9.17, 15) is 9.59 Å². The third-order valence-electron chi connectivity index (χ3n) is 5.01. The van der Waals surface area contributed by atoms with Crippen molar-refractivity contribution in [1.82, 2.24) is 4.98 Å². The third-order valence-corrected chi connectivity index (χ3v) is 5.01. The van der Waals surface area contributed by atoms with E-state index in [1.807, 2.05) is 42.5 Å². The summed E-state index contributed by atoms with van der Waals surface area (Å²) in [6.45, 7) is 0.956.